The first kappa shape index (κ1) is 17.2. The SMILES string of the molecule is Cn1cc(-c2cccc(CN[C@H]3CCCC[C@H]3S(C)(=O)=O)c2)cn1. The van der Waals surface area contributed by atoms with Gasteiger partial charge in [0.15, 0.2) is 9.84 Å². The van der Waals surface area contributed by atoms with Crippen LogP contribution < -0.4 is 5.32 Å². The zero-order chi connectivity index (χ0) is 17.2. The van der Waals surface area contributed by atoms with E-state index in [9.17, 15) is 8.42 Å². The average molecular weight is 347 g/mol. The molecule has 2 atom stereocenters. The standard InChI is InChI=1S/C18H25N3O2S/c1-21-13-16(12-20-21)15-7-5-6-14(10-15)11-19-17-8-3-4-9-18(17)24(2,22)23/h5-7,10,12-13,17-19H,3-4,8-9,11H2,1-2H3/t17-,18+/m0/s1. The highest BCUT2D eigenvalue weighted by molar-refractivity contribution is 7.91. The first-order chi connectivity index (χ1) is 11.4. The van der Waals surface area contributed by atoms with E-state index in [4.69, 9.17) is 0 Å². The Balaban J connectivity index is 1.70. The molecule has 0 saturated heterocycles. The van der Waals surface area contributed by atoms with Gasteiger partial charge in [0, 0.05) is 37.7 Å². The van der Waals surface area contributed by atoms with Gasteiger partial charge in [-0.1, -0.05) is 31.0 Å². The van der Waals surface area contributed by atoms with Crippen LogP contribution in [-0.2, 0) is 23.4 Å². The van der Waals surface area contributed by atoms with Crippen LogP contribution in [0.15, 0.2) is 36.7 Å². The maximum absolute atomic E-state index is 12.0. The summed E-state index contributed by atoms with van der Waals surface area (Å²) in [5.41, 5.74) is 3.38. The van der Waals surface area contributed by atoms with Gasteiger partial charge in [0.1, 0.15) is 0 Å². The minimum absolute atomic E-state index is 0.0517. The van der Waals surface area contributed by atoms with Crippen molar-refractivity contribution in [2.45, 2.75) is 43.5 Å². The van der Waals surface area contributed by atoms with E-state index in [0.717, 1.165) is 42.4 Å². The number of hydrogen-bond acceptors (Lipinski definition) is 4. The van der Waals surface area contributed by atoms with Crippen LogP contribution in [0, 0.1) is 0 Å². The molecule has 3 rings (SSSR count). The summed E-state index contributed by atoms with van der Waals surface area (Å²) in [6.07, 6.45) is 9.01. The lowest BCUT2D eigenvalue weighted by Gasteiger charge is -2.31. The minimum Gasteiger partial charge on any atom is -0.309 e. The van der Waals surface area contributed by atoms with Crippen LogP contribution in [0.5, 0.6) is 0 Å². The molecule has 1 aliphatic rings. The predicted octanol–water partition coefficient (Wildman–Crippen LogP) is 2.53. The summed E-state index contributed by atoms with van der Waals surface area (Å²) in [5, 5.41) is 7.44. The summed E-state index contributed by atoms with van der Waals surface area (Å²) in [4.78, 5) is 0. The van der Waals surface area contributed by atoms with Crippen molar-refractivity contribution >= 4 is 9.84 Å². The van der Waals surface area contributed by atoms with Crippen molar-refractivity contribution in [3.05, 3.63) is 42.2 Å². The highest BCUT2D eigenvalue weighted by Crippen LogP contribution is 2.25. The Morgan fingerprint density at radius 2 is 2.04 bits per heavy atom. The van der Waals surface area contributed by atoms with Gasteiger partial charge in [-0.2, -0.15) is 5.10 Å². The number of benzene rings is 1. The molecule has 24 heavy (non-hydrogen) atoms. The Morgan fingerprint density at radius 1 is 1.25 bits per heavy atom. The quantitative estimate of drug-likeness (QED) is 0.903. The molecule has 0 radical (unpaired) electrons. The zero-order valence-corrected chi connectivity index (χ0v) is 15.1. The first-order valence-electron chi connectivity index (χ1n) is 8.44. The fourth-order valence-corrected chi connectivity index (χ4v) is 4.95. The molecule has 1 N–H and O–H groups in total. The van der Waals surface area contributed by atoms with Crippen LogP contribution in [0.4, 0.5) is 0 Å². The normalized spacial score (nSPS) is 21.8. The molecule has 130 valence electrons. The lowest BCUT2D eigenvalue weighted by Crippen LogP contribution is -2.45. The molecule has 1 aromatic carbocycles. The first-order valence-corrected chi connectivity index (χ1v) is 10.4. The smallest absolute Gasteiger partial charge is 0.151 e. The van der Waals surface area contributed by atoms with E-state index in [1.807, 2.05) is 25.5 Å². The maximum atomic E-state index is 12.0. The van der Waals surface area contributed by atoms with Gasteiger partial charge in [-0.05, 0) is 30.0 Å². The van der Waals surface area contributed by atoms with Crippen LogP contribution in [0.2, 0.25) is 0 Å². The number of sulfone groups is 1. The van der Waals surface area contributed by atoms with Crippen molar-refractivity contribution in [2.75, 3.05) is 6.26 Å². The Morgan fingerprint density at radius 3 is 2.75 bits per heavy atom. The van der Waals surface area contributed by atoms with Crippen LogP contribution >= 0.6 is 0 Å². The summed E-state index contributed by atoms with van der Waals surface area (Å²) < 4.78 is 25.8. The third-order valence-electron chi connectivity index (χ3n) is 4.79. The van der Waals surface area contributed by atoms with Gasteiger partial charge < -0.3 is 5.32 Å². The molecule has 0 aliphatic heterocycles. The van der Waals surface area contributed by atoms with Crippen molar-refractivity contribution in [3.63, 3.8) is 0 Å². The van der Waals surface area contributed by atoms with E-state index in [0.29, 0.717) is 6.54 Å². The summed E-state index contributed by atoms with van der Waals surface area (Å²) >= 11 is 0. The van der Waals surface area contributed by atoms with Gasteiger partial charge in [0.2, 0.25) is 0 Å². The molecule has 5 nitrogen and oxygen atoms in total. The maximum Gasteiger partial charge on any atom is 0.151 e. The monoisotopic (exact) mass is 347 g/mol. The predicted molar refractivity (Wildman–Crippen MR) is 96.4 cm³/mol. The van der Waals surface area contributed by atoms with E-state index in [1.165, 1.54) is 6.26 Å². The Labute approximate surface area is 144 Å². The average Bonchev–Trinajstić information content (AvgIpc) is 2.99. The third kappa shape index (κ3) is 4.05. The van der Waals surface area contributed by atoms with E-state index in [-0.39, 0.29) is 11.3 Å². The molecule has 0 unspecified atom stereocenters. The Kier molecular flexibility index (Phi) is 5.06. The number of aromatic nitrogens is 2. The third-order valence-corrected chi connectivity index (χ3v) is 6.45. The molecule has 2 aromatic rings. The second-order valence-electron chi connectivity index (χ2n) is 6.74. The molecule has 0 bridgehead atoms. The number of nitrogens with one attached hydrogen (secondary N) is 1. The van der Waals surface area contributed by atoms with Gasteiger partial charge in [-0.25, -0.2) is 8.42 Å². The number of hydrogen-bond donors (Lipinski definition) is 1. The van der Waals surface area contributed by atoms with Gasteiger partial charge in [0.25, 0.3) is 0 Å². The molecule has 6 heteroatoms. The fourth-order valence-electron chi connectivity index (χ4n) is 3.52. The van der Waals surface area contributed by atoms with Gasteiger partial charge in [-0.3, -0.25) is 4.68 Å². The molecule has 1 saturated carbocycles. The highest BCUT2D eigenvalue weighted by Gasteiger charge is 2.32. The van der Waals surface area contributed by atoms with E-state index < -0.39 is 9.84 Å². The van der Waals surface area contributed by atoms with E-state index in [1.54, 1.807) is 4.68 Å². The van der Waals surface area contributed by atoms with Crippen molar-refractivity contribution in [3.8, 4) is 11.1 Å². The van der Waals surface area contributed by atoms with Crippen LogP contribution in [-0.4, -0.2) is 35.7 Å². The highest BCUT2D eigenvalue weighted by atomic mass is 32.2. The molecule has 1 fully saturated rings. The Hall–Kier alpha value is -1.66. The molecule has 0 spiro atoms. The van der Waals surface area contributed by atoms with Crippen LogP contribution in [0.1, 0.15) is 31.2 Å². The zero-order valence-electron chi connectivity index (χ0n) is 14.3. The number of nitrogens with zero attached hydrogens (tertiary/aromatic N) is 2. The molecular weight excluding hydrogens is 322 g/mol. The van der Waals surface area contributed by atoms with Crippen molar-refractivity contribution in [1.29, 1.82) is 0 Å². The largest absolute Gasteiger partial charge is 0.309 e. The second-order valence-corrected chi connectivity index (χ2v) is 9.01. The number of aryl methyl sites for hydroxylation is 1. The molecular formula is C18H25N3O2S. The lowest BCUT2D eigenvalue weighted by atomic mass is 9.94. The topological polar surface area (TPSA) is 64.0 Å². The molecule has 1 aromatic heterocycles. The second kappa shape index (κ2) is 7.07. The van der Waals surface area contributed by atoms with Crippen molar-refractivity contribution in [1.82, 2.24) is 15.1 Å². The lowest BCUT2D eigenvalue weighted by molar-refractivity contribution is 0.370. The van der Waals surface area contributed by atoms with Gasteiger partial charge in [-0.15, -0.1) is 0 Å². The molecule has 1 heterocycles. The van der Waals surface area contributed by atoms with E-state index in [2.05, 4.69) is 28.6 Å². The van der Waals surface area contributed by atoms with Crippen LogP contribution in [0.25, 0.3) is 11.1 Å². The summed E-state index contributed by atoms with van der Waals surface area (Å²) in [6.45, 7) is 0.685. The van der Waals surface area contributed by atoms with E-state index >= 15 is 0 Å². The molecule has 0 amide bonds. The number of rotatable bonds is 5. The Bertz CT molecular complexity index is 798. The van der Waals surface area contributed by atoms with Crippen molar-refractivity contribution in [2.24, 2.45) is 7.05 Å². The van der Waals surface area contributed by atoms with Gasteiger partial charge in [0.05, 0.1) is 11.4 Å². The summed E-state index contributed by atoms with van der Waals surface area (Å²) in [5.74, 6) is 0. The summed E-state index contributed by atoms with van der Waals surface area (Å²) in [7, 11) is -1.10. The molecule has 1 aliphatic carbocycles. The van der Waals surface area contributed by atoms with Crippen molar-refractivity contribution < 1.29 is 8.42 Å². The fraction of sp³-hybridized carbons (Fsp3) is 0.500. The van der Waals surface area contributed by atoms with Gasteiger partial charge >= 0.3 is 0 Å². The summed E-state index contributed by atoms with van der Waals surface area (Å²) in [6, 6.07) is 8.37. The van der Waals surface area contributed by atoms with Crippen LogP contribution in [0.3, 0.4) is 0 Å². The minimum atomic E-state index is -3.00.